The van der Waals surface area contributed by atoms with Crippen molar-refractivity contribution in [3.63, 3.8) is 0 Å². The van der Waals surface area contributed by atoms with Crippen LogP contribution in [0.2, 0.25) is 5.02 Å². The van der Waals surface area contributed by atoms with Crippen molar-refractivity contribution in [3.8, 4) is 6.07 Å². The molecule has 2 atom stereocenters. The van der Waals surface area contributed by atoms with Gasteiger partial charge in [0, 0.05) is 35.9 Å². The fourth-order valence-corrected chi connectivity index (χ4v) is 5.41. The zero-order valence-electron chi connectivity index (χ0n) is 23.3. The van der Waals surface area contributed by atoms with Gasteiger partial charge in [-0.1, -0.05) is 54.9 Å². The molecule has 1 saturated carbocycles. The number of hydrazone groups is 1. The van der Waals surface area contributed by atoms with Crippen molar-refractivity contribution in [1.82, 2.24) is 9.97 Å². The van der Waals surface area contributed by atoms with Gasteiger partial charge in [-0.05, 0) is 55.0 Å². The maximum Gasteiger partial charge on any atom is 0.105 e. The molecule has 10 heteroatoms. The van der Waals surface area contributed by atoms with Crippen molar-refractivity contribution in [2.75, 3.05) is 17.2 Å². The summed E-state index contributed by atoms with van der Waals surface area (Å²) >= 11 is 6.78. The molecule has 1 aliphatic carbocycles. The standard InChI is InChI=1S/C32H33ClN8O/c1-2-27(21-8-4-3-5-9-21)40-29-23(16-34)18-38-31-25(29)14-24(15-26(31)33)39-30(22-10-6-13-36-17-22)28(41-35)19-37-20-32(42)11-7-12-32/h3-6,8-10,13-15,17-19,27,30,39,42H,2,7,11-12,20,35H2,1H3,(H,38,40)/t27-,30+/m1/s1. The van der Waals surface area contributed by atoms with Crippen molar-refractivity contribution in [3.05, 3.63) is 94.9 Å². The van der Waals surface area contributed by atoms with Crippen LogP contribution in [-0.4, -0.2) is 39.1 Å². The number of nitrogens with one attached hydrogen (secondary N) is 2. The number of nitriles is 1. The second-order valence-corrected chi connectivity index (χ2v) is 10.9. The number of aliphatic imine (C=N–C) groups is 1. The van der Waals surface area contributed by atoms with E-state index in [0.717, 1.165) is 36.8 Å². The highest BCUT2D eigenvalue weighted by atomic mass is 35.5. The first-order valence-electron chi connectivity index (χ1n) is 13.9. The minimum Gasteiger partial charge on any atom is -0.388 e. The van der Waals surface area contributed by atoms with Gasteiger partial charge in [0.25, 0.3) is 0 Å². The Hall–Kier alpha value is -4.52. The smallest absolute Gasteiger partial charge is 0.105 e. The van der Waals surface area contributed by atoms with Crippen molar-refractivity contribution < 1.29 is 5.11 Å². The average molecular weight is 581 g/mol. The van der Waals surface area contributed by atoms with Gasteiger partial charge in [-0.2, -0.15) is 10.4 Å². The largest absolute Gasteiger partial charge is 0.388 e. The molecule has 2 aromatic carbocycles. The molecule has 0 amide bonds. The third kappa shape index (κ3) is 6.35. The van der Waals surface area contributed by atoms with E-state index < -0.39 is 11.6 Å². The summed E-state index contributed by atoms with van der Waals surface area (Å²) in [4.78, 5) is 13.3. The lowest BCUT2D eigenvalue weighted by molar-refractivity contribution is -0.0233. The fraction of sp³-hybridized carbons (Fsp3) is 0.281. The van der Waals surface area contributed by atoms with Gasteiger partial charge in [0.1, 0.15) is 11.8 Å². The Morgan fingerprint density at radius 3 is 2.60 bits per heavy atom. The minimum atomic E-state index is -0.760. The predicted molar refractivity (Wildman–Crippen MR) is 169 cm³/mol. The van der Waals surface area contributed by atoms with Crippen LogP contribution in [0.4, 0.5) is 11.4 Å². The topological polar surface area (TPSA) is 145 Å². The molecule has 214 valence electrons. The zero-order valence-corrected chi connectivity index (χ0v) is 24.1. The minimum absolute atomic E-state index is 0.0277. The van der Waals surface area contributed by atoms with Crippen LogP contribution in [0.3, 0.4) is 0 Å². The Morgan fingerprint density at radius 1 is 1.17 bits per heavy atom. The van der Waals surface area contributed by atoms with Gasteiger partial charge >= 0.3 is 0 Å². The van der Waals surface area contributed by atoms with E-state index in [9.17, 15) is 10.4 Å². The number of halogens is 1. The van der Waals surface area contributed by atoms with Gasteiger partial charge in [-0.15, -0.1) is 0 Å². The number of pyridine rings is 2. The normalized spacial score (nSPS) is 16.0. The van der Waals surface area contributed by atoms with E-state index in [1.54, 1.807) is 30.9 Å². The summed E-state index contributed by atoms with van der Waals surface area (Å²) in [5, 5.41) is 32.7. The second-order valence-electron chi connectivity index (χ2n) is 10.5. The van der Waals surface area contributed by atoms with E-state index in [-0.39, 0.29) is 12.6 Å². The number of nitrogens with two attached hydrogens (primary N) is 1. The molecule has 5 rings (SSSR count). The molecule has 0 spiro atoms. The highest BCUT2D eigenvalue weighted by Gasteiger charge is 2.33. The number of hydrogen-bond acceptors (Lipinski definition) is 9. The number of nitrogens with zero attached hydrogens (tertiary/aromatic N) is 5. The summed E-state index contributed by atoms with van der Waals surface area (Å²) in [5.74, 6) is 5.86. The van der Waals surface area contributed by atoms with Crippen LogP contribution < -0.4 is 16.5 Å². The molecule has 2 heterocycles. The lowest BCUT2D eigenvalue weighted by Gasteiger charge is -2.34. The van der Waals surface area contributed by atoms with E-state index >= 15 is 0 Å². The van der Waals surface area contributed by atoms with E-state index in [1.165, 1.54) is 0 Å². The molecular weight excluding hydrogens is 548 g/mol. The third-order valence-electron chi connectivity index (χ3n) is 7.64. The number of aromatic nitrogens is 2. The number of anilines is 2. The maximum atomic E-state index is 10.5. The molecule has 42 heavy (non-hydrogen) atoms. The summed E-state index contributed by atoms with van der Waals surface area (Å²) in [6.07, 6.45) is 9.83. The van der Waals surface area contributed by atoms with Crippen molar-refractivity contribution in [2.45, 2.75) is 50.3 Å². The van der Waals surface area contributed by atoms with E-state index in [4.69, 9.17) is 17.4 Å². The second kappa shape index (κ2) is 13.0. The monoisotopic (exact) mass is 580 g/mol. The van der Waals surface area contributed by atoms with Gasteiger partial charge < -0.3 is 21.6 Å². The van der Waals surface area contributed by atoms with Crippen LogP contribution in [0.15, 0.2) is 83.3 Å². The van der Waals surface area contributed by atoms with E-state index in [2.05, 4.69) is 55.8 Å². The quantitative estimate of drug-likeness (QED) is 0.0942. The molecule has 2 aromatic heterocycles. The molecular formula is C32H33ClN8O. The van der Waals surface area contributed by atoms with Crippen molar-refractivity contribution >= 4 is 45.8 Å². The number of benzene rings is 2. The zero-order chi connectivity index (χ0) is 29.5. The van der Waals surface area contributed by atoms with Gasteiger partial charge in [0.2, 0.25) is 0 Å². The molecule has 0 aliphatic heterocycles. The molecule has 0 unspecified atom stereocenters. The maximum absolute atomic E-state index is 10.5. The summed E-state index contributed by atoms with van der Waals surface area (Å²) in [6.45, 7) is 2.38. The summed E-state index contributed by atoms with van der Waals surface area (Å²) in [7, 11) is 0. The van der Waals surface area contributed by atoms with Crippen LogP contribution in [0.5, 0.6) is 0 Å². The molecule has 5 N–H and O–H groups in total. The first-order chi connectivity index (χ1) is 20.4. The lowest BCUT2D eigenvalue weighted by Crippen LogP contribution is -2.40. The number of hydrogen-bond donors (Lipinski definition) is 4. The lowest BCUT2D eigenvalue weighted by atomic mass is 9.80. The molecule has 1 aliphatic rings. The van der Waals surface area contributed by atoms with E-state index in [1.807, 2.05) is 36.4 Å². The van der Waals surface area contributed by atoms with Gasteiger partial charge in [0.05, 0.1) is 46.0 Å². The molecule has 9 nitrogen and oxygen atoms in total. The molecule has 0 bridgehead atoms. The highest BCUT2D eigenvalue weighted by Crippen LogP contribution is 2.37. The van der Waals surface area contributed by atoms with Gasteiger partial charge in [0.15, 0.2) is 0 Å². The molecule has 1 fully saturated rings. The van der Waals surface area contributed by atoms with Gasteiger partial charge in [-0.25, -0.2) is 0 Å². The third-order valence-corrected chi connectivity index (χ3v) is 7.93. The van der Waals surface area contributed by atoms with Crippen LogP contribution in [0.25, 0.3) is 10.9 Å². The van der Waals surface area contributed by atoms with Crippen LogP contribution in [-0.2, 0) is 0 Å². The molecule has 0 radical (unpaired) electrons. The summed E-state index contributed by atoms with van der Waals surface area (Å²) in [5.41, 5.74) is 3.94. The summed E-state index contributed by atoms with van der Waals surface area (Å²) in [6, 6.07) is 19.3. The Labute approximate surface area is 250 Å². The fourth-order valence-electron chi connectivity index (χ4n) is 5.14. The molecule has 4 aromatic rings. The number of rotatable bonds is 11. The summed E-state index contributed by atoms with van der Waals surface area (Å²) < 4.78 is 0. The first kappa shape index (κ1) is 29.0. The van der Waals surface area contributed by atoms with E-state index in [0.29, 0.717) is 38.6 Å². The SMILES string of the molecule is CC[C@@H](Nc1c(C#N)cnc2c(Cl)cc(N[C@H](C(C=NCC3(O)CCC3)=NN)c3cccnc3)cc12)c1ccccc1. The highest BCUT2D eigenvalue weighted by molar-refractivity contribution is 6.36. The van der Waals surface area contributed by atoms with Gasteiger partial charge in [-0.3, -0.25) is 15.0 Å². The van der Waals surface area contributed by atoms with Crippen molar-refractivity contribution in [1.29, 1.82) is 5.26 Å². The Kier molecular flexibility index (Phi) is 8.96. The van der Waals surface area contributed by atoms with Crippen molar-refractivity contribution in [2.24, 2.45) is 15.9 Å². The van der Waals surface area contributed by atoms with Crippen LogP contribution in [0.1, 0.15) is 61.4 Å². The first-order valence-corrected chi connectivity index (χ1v) is 14.3. The van der Waals surface area contributed by atoms with Crippen LogP contribution in [0, 0.1) is 11.3 Å². The number of fused-ring (bicyclic) bond motifs is 1. The number of aliphatic hydroxyl groups is 1. The molecule has 0 saturated heterocycles. The Balaban J connectivity index is 1.53. The van der Waals surface area contributed by atoms with Crippen LogP contribution >= 0.6 is 11.6 Å². The Morgan fingerprint density at radius 2 is 1.95 bits per heavy atom. The Bertz CT molecular complexity index is 1630. The predicted octanol–water partition coefficient (Wildman–Crippen LogP) is 6.17. The average Bonchev–Trinajstić information content (AvgIpc) is 3.01.